The van der Waals surface area contributed by atoms with Crippen LogP contribution in [0.15, 0.2) is 59.7 Å². The van der Waals surface area contributed by atoms with Crippen molar-refractivity contribution in [3.05, 3.63) is 55.3 Å². The molecule has 3 heterocycles. The molecule has 4 aromatic rings. The lowest BCUT2D eigenvalue weighted by Gasteiger charge is -2.08. The maximum atomic E-state index is 10.5. The van der Waals surface area contributed by atoms with Crippen molar-refractivity contribution in [2.45, 2.75) is 13.0 Å². The van der Waals surface area contributed by atoms with Crippen molar-refractivity contribution in [1.82, 2.24) is 24.8 Å². The van der Waals surface area contributed by atoms with Gasteiger partial charge in [-0.05, 0) is 36.8 Å². The summed E-state index contributed by atoms with van der Waals surface area (Å²) in [6.45, 7) is 1.05. The normalized spacial score (nSPS) is 10.9. The molecule has 0 saturated heterocycles. The number of hydrogen-bond donors (Lipinski definition) is 3. The molecule has 0 spiro atoms. The predicted octanol–water partition coefficient (Wildman–Crippen LogP) is 3.49. The summed E-state index contributed by atoms with van der Waals surface area (Å²) in [7, 11) is 0. The van der Waals surface area contributed by atoms with Gasteiger partial charge in [-0.3, -0.25) is 0 Å². The molecule has 0 aliphatic heterocycles. The smallest absolute Gasteiger partial charge is 0.404 e. The molecular weight excluding hydrogens is 360 g/mol. The number of nitrogens with one attached hydrogen (secondary N) is 2. The zero-order valence-electron chi connectivity index (χ0n) is 14.9. The molecule has 0 fully saturated rings. The van der Waals surface area contributed by atoms with E-state index in [2.05, 4.69) is 25.6 Å². The Balaban J connectivity index is 1.46. The zero-order valence-corrected chi connectivity index (χ0v) is 14.9. The molecular formula is C19H18N6O3. The Bertz CT molecular complexity index is 1070. The van der Waals surface area contributed by atoms with E-state index in [9.17, 15) is 4.79 Å². The van der Waals surface area contributed by atoms with E-state index in [4.69, 9.17) is 9.52 Å². The highest BCUT2D eigenvalue weighted by Gasteiger charge is 2.07. The van der Waals surface area contributed by atoms with Crippen molar-refractivity contribution in [3.8, 4) is 11.3 Å². The van der Waals surface area contributed by atoms with E-state index in [1.807, 2.05) is 41.1 Å². The minimum Gasteiger partial charge on any atom is -0.465 e. The summed E-state index contributed by atoms with van der Waals surface area (Å²) in [6, 6.07) is 9.64. The third-order valence-corrected chi connectivity index (χ3v) is 4.21. The lowest BCUT2D eigenvalue weighted by Crippen LogP contribution is -2.22. The van der Waals surface area contributed by atoms with Crippen molar-refractivity contribution in [2.75, 3.05) is 11.9 Å². The van der Waals surface area contributed by atoms with Gasteiger partial charge in [0, 0.05) is 42.1 Å². The molecule has 0 unspecified atom stereocenters. The van der Waals surface area contributed by atoms with Gasteiger partial charge in [0.05, 0.1) is 6.20 Å². The lowest BCUT2D eigenvalue weighted by atomic mass is 10.2. The lowest BCUT2D eigenvalue weighted by molar-refractivity contribution is 0.194. The van der Waals surface area contributed by atoms with Crippen LogP contribution < -0.4 is 10.6 Å². The fourth-order valence-electron chi connectivity index (χ4n) is 2.86. The van der Waals surface area contributed by atoms with Gasteiger partial charge in [-0.15, -0.1) is 0 Å². The summed E-state index contributed by atoms with van der Waals surface area (Å²) in [4.78, 5) is 23.4. The average Bonchev–Trinajstić information content (AvgIpc) is 3.36. The van der Waals surface area contributed by atoms with Crippen molar-refractivity contribution in [3.63, 3.8) is 0 Å². The van der Waals surface area contributed by atoms with Crippen LogP contribution in [-0.4, -0.2) is 37.3 Å². The van der Waals surface area contributed by atoms with Gasteiger partial charge in [0.15, 0.2) is 12.2 Å². The van der Waals surface area contributed by atoms with Crippen LogP contribution in [0.3, 0.4) is 0 Å². The Kier molecular flexibility index (Phi) is 4.87. The third kappa shape index (κ3) is 3.93. The quantitative estimate of drug-likeness (QED) is 0.421. The predicted molar refractivity (Wildman–Crippen MR) is 103 cm³/mol. The van der Waals surface area contributed by atoms with Gasteiger partial charge < -0.3 is 24.7 Å². The summed E-state index contributed by atoms with van der Waals surface area (Å²) in [5, 5.41) is 15.1. The highest BCUT2D eigenvalue weighted by Crippen LogP contribution is 2.23. The van der Waals surface area contributed by atoms with Crippen molar-refractivity contribution < 1.29 is 14.3 Å². The van der Waals surface area contributed by atoms with Crippen LogP contribution in [-0.2, 0) is 6.54 Å². The molecule has 9 nitrogen and oxygen atoms in total. The standard InChI is InChI=1S/C19H18N6O3/c26-19(27)21-7-1-8-25-9-6-14-10-22-18(24-17(14)25)23-15-4-2-13(3-5-15)16-11-20-12-28-16/h2-6,9-12,21H,1,7-8H2,(H,26,27)(H,22,23,24). The monoisotopic (exact) mass is 378 g/mol. The first kappa shape index (κ1) is 17.5. The second-order valence-corrected chi connectivity index (χ2v) is 6.14. The SMILES string of the molecule is O=C(O)NCCCn1ccc2cnc(Nc3ccc(-c4cnco4)cc3)nc21. The topological polar surface area (TPSA) is 118 Å². The fraction of sp³-hybridized carbons (Fsp3) is 0.158. The molecule has 3 N–H and O–H groups in total. The van der Waals surface area contributed by atoms with Crippen molar-refractivity contribution in [2.24, 2.45) is 0 Å². The maximum absolute atomic E-state index is 10.5. The Morgan fingerprint density at radius 2 is 2.04 bits per heavy atom. The number of anilines is 2. The maximum Gasteiger partial charge on any atom is 0.404 e. The number of oxazole rings is 1. The number of fused-ring (bicyclic) bond motifs is 1. The van der Waals surface area contributed by atoms with E-state index >= 15 is 0 Å². The first-order valence-corrected chi connectivity index (χ1v) is 8.74. The number of benzene rings is 1. The number of aryl methyl sites for hydroxylation is 1. The zero-order chi connectivity index (χ0) is 19.3. The first-order valence-electron chi connectivity index (χ1n) is 8.74. The van der Waals surface area contributed by atoms with Gasteiger partial charge >= 0.3 is 6.09 Å². The number of rotatable bonds is 7. The summed E-state index contributed by atoms with van der Waals surface area (Å²) >= 11 is 0. The second-order valence-electron chi connectivity index (χ2n) is 6.14. The Morgan fingerprint density at radius 1 is 1.18 bits per heavy atom. The minimum atomic E-state index is -1.01. The molecule has 0 aliphatic rings. The second kappa shape index (κ2) is 7.78. The fourth-order valence-corrected chi connectivity index (χ4v) is 2.86. The summed E-state index contributed by atoms with van der Waals surface area (Å²) in [5.74, 6) is 1.20. The highest BCUT2D eigenvalue weighted by atomic mass is 16.4. The van der Waals surface area contributed by atoms with Crippen molar-refractivity contribution >= 4 is 28.8 Å². The van der Waals surface area contributed by atoms with Crippen LogP contribution in [0.2, 0.25) is 0 Å². The van der Waals surface area contributed by atoms with E-state index in [0.717, 1.165) is 22.3 Å². The van der Waals surface area contributed by atoms with Crippen LogP contribution in [0.25, 0.3) is 22.4 Å². The number of carboxylic acid groups (broad SMARTS) is 1. The number of hydrogen-bond acceptors (Lipinski definition) is 6. The molecule has 0 saturated carbocycles. The number of carbonyl (C=O) groups is 1. The summed E-state index contributed by atoms with van der Waals surface area (Å²) in [5.41, 5.74) is 2.58. The Hall–Kier alpha value is -3.88. The van der Waals surface area contributed by atoms with Crippen LogP contribution in [0, 0.1) is 0 Å². The molecule has 4 rings (SSSR count). The van der Waals surface area contributed by atoms with Crippen LogP contribution in [0.4, 0.5) is 16.4 Å². The molecule has 9 heteroatoms. The average molecular weight is 378 g/mol. The molecule has 0 aliphatic carbocycles. The third-order valence-electron chi connectivity index (χ3n) is 4.21. The summed E-state index contributed by atoms with van der Waals surface area (Å²) < 4.78 is 7.27. The number of amides is 1. The Morgan fingerprint density at radius 3 is 2.79 bits per heavy atom. The van der Waals surface area contributed by atoms with E-state index in [-0.39, 0.29) is 0 Å². The van der Waals surface area contributed by atoms with Crippen LogP contribution in [0.1, 0.15) is 6.42 Å². The molecule has 1 amide bonds. The highest BCUT2D eigenvalue weighted by molar-refractivity contribution is 5.77. The molecule has 0 radical (unpaired) electrons. The van der Waals surface area contributed by atoms with Gasteiger partial charge in [0.25, 0.3) is 0 Å². The number of nitrogens with zero attached hydrogens (tertiary/aromatic N) is 4. The molecule has 28 heavy (non-hydrogen) atoms. The van der Waals surface area contributed by atoms with E-state index in [0.29, 0.717) is 31.2 Å². The van der Waals surface area contributed by atoms with E-state index < -0.39 is 6.09 Å². The molecule has 0 atom stereocenters. The van der Waals surface area contributed by atoms with Gasteiger partial charge in [-0.25, -0.2) is 14.8 Å². The van der Waals surface area contributed by atoms with Gasteiger partial charge in [-0.1, -0.05) is 0 Å². The summed E-state index contributed by atoms with van der Waals surface area (Å²) in [6.07, 6.45) is 6.42. The van der Waals surface area contributed by atoms with E-state index in [1.54, 1.807) is 12.4 Å². The van der Waals surface area contributed by atoms with Crippen LogP contribution in [0.5, 0.6) is 0 Å². The first-order chi connectivity index (χ1) is 13.7. The molecule has 0 bridgehead atoms. The van der Waals surface area contributed by atoms with Crippen LogP contribution >= 0.6 is 0 Å². The molecule has 3 aromatic heterocycles. The van der Waals surface area contributed by atoms with Gasteiger partial charge in [0.1, 0.15) is 5.65 Å². The Labute approximate surface area is 160 Å². The van der Waals surface area contributed by atoms with Crippen molar-refractivity contribution in [1.29, 1.82) is 0 Å². The number of aromatic nitrogens is 4. The molecule has 1 aromatic carbocycles. The van der Waals surface area contributed by atoms with Gasteiger partial charge in [0.2, 0.25) is 5.95 Å². The minimum absolute atomic E-state index is 0.392. The largest absolute Gasteiger partial charge is 0.465 e. The van der Waals surface area contributed by atoms with Gasteiger partial charge in [-0.2, -0.15) is 4.98 Å². The molecule has 142 valence electrons. The van der Waals surface area contributed by atoms with E-state index in [1.165, 1.54) is 6.39 Å².